The lowest BCUT2D eigenvalue weighted by Gasteiger charge is -2.13. The van der Waals surface area contributed by atoms with Crippen molar-refractivity contribution in [3.8, 4) is 11.5 Å². The third kappa shape index (κ3) is 5.94. The zero-order valence-corrected chi connectivity index (χ0v) is 17.0. The number of carbonyl (C=O) groups excluding carboxylic acids is 2. The van der Waals surface area contributed by atoms with E-state index in [0.29, 0.717) is 6.54 Å². The molecular formula is C21H24N2O7. The fourth-order valence-electron chi connectivity index (χ4n) is 2.72. The van der Waals surface area contributed by atoms with Crippen molar-refractivity contribution in [1.29, 1.82) is 0 Å². The molecule has 0 saturated carbocycles. The zero-order valence-electron chi connectivity index (χ0n) is 17.0. The first-order valence-corrected chi connectivity index (χ1v) is 9.35. The third-order valence-corrected chi connectivity index (χ3v) is 4.31. The van der Waals surface area contributed by atoms with Gasteiger partial charge in [0.2, 0.25) is 0 Å². The standard InChI is InChI=1S/C21H24N2O7/c1-4-29-19-11-17(23(26)27)16(10-18(19)28-3)21(25)30-13-20(24)22-12-14(2)15-8-6-5-7-9-15/h5-11,14H,4,12-13H2,1-3H3,(H,22,24)/t14-/m1/s1. The number of methoxy groups -OCH3 is 1. The van der Waals surface area contributed by atoms with E-state index < -0.39 is 29.1 Å². The topological polar surface area (TPSA) is 117 Å². The molecule has 0 aliphatic heterocycles. The summed E-state index contributed by atoms with van der Waals surface area (Å²) in [7, 11) is 1.35. The summed E-state index contributed by atoms with van der Waals surface area (Å²) in [4.78, 5) is 35.0. The second-order valence-electron chi connectivity index (χ2n) is 6.40. The molecule has 0 aromatic heterocycles. The lowest BCUT2D eigenvalue weighted by atomic mass is 10.0. The molecule has 0 unspecified atom stereocenters. The number of nitro groups is 1. The van der Waals surface area contributed by atoms with Crippen LogP contribution < -0.4 is 14.8 Å². The maximum atomic E-state index is 12.4. The van der Waals surface area contributed by atoms with Crippen LogP contribution in [0.4, 0.5) is 5.69 Å². The number of benzene rings is 2. The summed E-state index contributed by atoms with van der Waals surface area (Å²) in [6.45, 7) is 3.73. The molecule has 0 saturated heterocycles. The van der Waals surface area contributed by atoms with E-state index in [0.717, 1.165) is 11.6 Å². The zero-order chi connectivity index (χ0) is 22.1. The fraction of sp³-hybridized carbons (Fsp3) is 0.333. The third-order valence-electron chi connectivity index (χ3n) is 4.31. The number of rotatable bonds is 10. The van der Waals surface area contributed by atoms with Gasteiger partial charge in [-0.25, -0.2) is 4.79 Å². The molecular weight excluding hydrogens is 392 g/mol. The molecule has 0 fully saturated rings. The van der Waals surface area contributed by atoms with Crippen molar-refractivity contribution in [3.63, 3.8) is 0 Å². The van der Waals surface area contributed by atoms with E-state index in [1.165, 1.54) is 13.2 Å². The molecule has 0 bridgehead atoms. The molecule has 0 aliphatic carbocycles. The number of ether oxygens (including phenoxy) is 3. The molecule has 2 aromatic rings. The molecule has 1 atom stereocenters. The monoisotopic (exact) mass is 416 g/mol. The smallest absolute Gasteiger partial charge is 0.345 e. The Labute approximate surface area is 174 Å². The van der Waals surface area contributed by atoms with Crippen molar-refractivity contribution < 1.29 is 28.7 Å². The highest BCUT2D eigenvalue weighted by atomic mass is 16.6. The van der Waals surface area contributed by atoms with Gasteiger partial charge in [0, 0.05) is 12.6 Å². The Morgan fingerprint density at radius 2 is 1.87 bits per heavy atom. The van der Waals surface area contributed by atoms with Gasteiger partial charge in [-0.15, -0.1) is 0 Å². The van der Waals surface area contributed by atoms with Crippen molar-refractivity contribution >= 4 is 17.6 Å². The van der Waals surface area contributed by atoms with E-state index in [1.54, 1.807) is 6.92 Å². The highest BCUT2D eigenvalue weighted by Gasteiger charge is 2.26. The Kier molecular flexibility index (Phi) is 8.16. The molecule has 0 aliphatic rings. The van der Waals surface area contributed by atoms with Crippen LogP contribution in [0.1, 0.15) is 35.7 Å². The highest BCUT2D eigenvalue weighted by molar-refractivity contribution is 5.96. The molecule has 160 valence electrons. The number of hydrogen-bond donors (Lipinski definition) is 1. The SMILES string of the molecule is CCOc1cc([N+](=O)[O-])c(C(=O)OCC(=O)NC[C@@H](C)c2ccccc2)cc1OC. The van der Waals surface area contributed by atoms with Crippen LogP contribution in [0.5, 0.6) is 11.5 Å². The Balaban J connectivity index is 2.01. The van der Waals surface area contributed by atoms with Crippen molar-refractivity contribution in [2.45, 2.75) is 19.8 Å². The molecule has 0 heterocycles. The Morgan fingerprint density at radius 3 is 2.47 bits per heavy atom. The van der Waals surface area contributed by atoms with Gasteiger partial charge in [0.25, 0.3) is 11.6 Å². The number of hydrogen-bond acceptors (Lipinski definition) is 7. The van der Waals surface area contributed by atoms with E-state index in [2.05, 4.69) is 5.32 Å². The van der Waals surface area contributed by atoms with E-state index >= 15 is 0 Å². The summed E-state index contributed by atoms with van der Waals surface area (Å²) >= 11 is 0. The largest absolute Gasteiger partial charge is 0.493 e. The van der Waals surface area contributed by atoms with Gasteiger partial charge in [-0.3, -0.25) is 14.9 Å². The summed E-state index contributed by atoms with van der Waals surface area (Å²) in [6, 6.07) is 11.9. The first-order chi connectivity index (χ1) is 14.4. The van der Waals surface area contributed by atoms with Crippen LogP contribution in [0.2, 0.25) is 0 Å². The maximum absolute atomic E-state index is 12.4. The van der Waals surface area contributed by atoms with Crippen LogP contribution in [0.3, 0.4) is 0 Å². The lowest BCUT2D eigenvalue weighted by molar-refractivity contribution is -0.385. The van der Waals surface area contributed by atoms with Crippen molar-refractivity contribution in [1.82, 2.24) is 5.32 Å². The highest BCUT2D eigenvalue weighted by Crippen LogP contribution is 2.35. The van der Waals surface area contributed by atoms with Gasteiger partial charge in [-0.1, -0.05) is 37.3 Å². The van der Waals surface area contributed by atoms with E-state index in [1.807, 2.05) is 37.3 Å². The average Bonchev–Trinajstić information content (AvgIpc) is 2.76. The summed E-state index contributed by atoms with van der Waals surface area (Å²) in [5.41, 5.74) is 0.236. The lowest BCUT2D eigenvalue weighted by Crippen LogP contribution is -2.31. The molecule has 9 heteroatoms. The summed E-state index contributed by atoms with van der Waals surface area (Å²) in [5, 5.41) is 14.0. The van der Waals surface area contributed by atoms with E-state index in [9.17, 15) is 19.7 Å². The van der Waals surface area contributed by atoms with Gasteiger partial charge >= 0.3 is 5.97 Å². The minimum atomic E-state index is -1.01. The Bertz CT molecular complexity index is 900. The van der Waals surface area contributed by atoms with Crippen LogP contribution in [-0.4, -0.2) is 43.7 Å². The van der Waals surface area contributed by atoms with Gasteiger partial charge in [0.15, 0.2) is 18.1 Å². The number of carbonyl (C=O) groups is 2. The van der Waals surface area contributed by atoms with Crippen LogP contribution in [0.15, 0.2) is 42.5 Å². The van der Waals surface area contributed by atoms with Gasteiger partial charge in [0.05, 0.1) is 24.7 Å². The van der Waals surface area contributed by atoms with Crippen molar-refractivity contribution in [3.05, 3.63) is 63.7 Å². The van der Waals surface area contributed by atoms with Gasteiger partial charge in [-0.05, 0) is 18.4 Å². The van der Waals surface area contributed by atoms with Crippen LogP contribution in [0.25, 0.3) is 0 Å². The summed E-state index contributed by atoms with van der Waals surface area (Å²) in [5.74, 6) is -1.16. The minimum Gasteiger partial charge on any atom is -0.493 e. The molecule has 9 nitrogen and oxygen atoms in total. The second-order valence-corrected chi connectivity index (χ2v) is 6.40. The average molecular weight is 416 g/mol. The van der Waals surface area contributed by atoms with Crippen molar-refractivity contribution in [2.75, 3.05) is 26.9 Å². The number of nitrogens with zero attached hydrogens (tertiary/aromatic N) is 1. The fourth-order valence-corrected chi connectivity index (χ4v) is 2.72. The van der Waals surface area contributed by atoms with E-state index in [-0.39, 0.29) is 29.6 Å². The van der Waals surface area contributed by atoms with E-state index in [4.69, 9.17) is 14.2 Å². The number of nitrogens with one attached hydrogen (secondary N) is 1. The Morgan fingerprint density at radius 1 is 1.17 bits per heavy atom. The Hall–Kier alpha value is -3.62. The van der Waals surface area contributed by atoms with Crippen molar-refractivity contribution in [2.24, 2.45) is 0 Å². The summed E-state index contributed by atoms with van der Waals surface area (Å²) < 4.78 is 15.4. The van der Waals surface area contributed by atoms with Crippen LogP contribution >= 0.6 is 0 Å². The van der Waals surface area contributed by atoms with Crippen LogP contribution in [0, 0.1) is 10.1 Å². The predicted octanol–water partition coefficient (Wildman–Crippen LogP) is 3.08. The molecule has 0 spiro atoms. The van der Waals surface area contributed by atoms with Gasteiger partial charge < -0.3 is 19.5 Å². The minimum absolute atomic E-state index is 0.0716. The van der Waals surface area contributed by atoms with Gasteiger partial charge in [-0.2, -0.15) is 0 Å². The molecule has 1 N–H and O–H groups in total. The molecule has 1 amide bonds. The number of nitro benzene ring substituents is 1. The molecule has 30 heavy (non-hydrogen) atoms. The first-order valence-electron chi connectivity index (χ1n) is 9.35. The molecule has 0 radical (unpaired) electrons. The summed E-state index contributed by atoms with van der Waals surface area (Å²) in [6.07, 6.45) is 0. The first kappa shape index (κ1) is 22.7. The van der Waals surface area contributed by atoms with Crippen LogP contribution in [-0.2, 0) is 9.53 Å². The molecule has 2 aromatic carbocycles. The predicted molar refractivity (Wildman–Crippen MR) is 109 cm³/mol. The molecule has 2 rings (SSSR count). The van der Waals surface area contributed by atoms with Gasteiger partial charge in [0.1, 0.15) is 5.56 Å². The normalized spacial score (nSPS) is 11.3. The maximum Gasteiger partial charge on any atom is 0.345 e. The number of amides is 1. The quantitative estimate of drug-likeness (QED) is 0.359. The number of esters is 1. The second kappa shape index (κ2) is 10.8.